The smallest absolute Gasteiger partial charge is 0.339 e. The quantitative estimate of drug-likeness (QED) is 0.142. The third kappa shape index (κ3) is 14.4. The summed E-state index contributed by atoms with van der Waals surface area (Å²) in [6.07, 6.45) is 21.5. The lowest BCUT2D eigenvalue weighted by Crippen LogP contribution is -2.22. The summed E-state index contributed by atoms with van der Waals surface area (Å²) in [6.45, 7) is 6.52. The van der Waals surface area contributed by atoms with Crippen LogP contribution in [0, 0.1) is 5.92 Å². The molecule has 0 aliphatic rings. The Balaban J connectivity index is 2.17. The molecule has 194 valence electrons. The number of aromatic carboxylic acids is 1. The molecule has 0 amide bonds. The van der Waals surface area contributed by atoms with Crippen LogP contribution in [0.2, 0.25) is 0 Å². The molecule has 0 aliphatic heterocycles. The van der Waals surface area contributed by atoms with Gasteiger partial charge in [0.2, 0.25) is 0 Å². The van der Waals surface area contributed by atoms with Gasteiger partial charge in [0, 0.05) is 0 Å². The van der Waals surface area contributed by atoms with Gasteiger partial charge >= 0.3 is 11.9 Å². The molecule has 1 aromatic rings. The zero-order valence-corrected chi connectivity index (χ0v) is 22.2. The van der Waals surface area contributed by atoms with Crippen LogP contribution in [0.4, 0.5) is 0 Å². The predicted molar refractivity (Wildman–Crippen MR) is 142 cm³/mol. The van der Waals surface area contributed by atoms with Crippen molar-refractivity contribution in [2.45, 2.75) is 136 Å². The van der Waals surface area contributed by atoms with Crippen molar-refractivity contribution < 1.29 is 19.4 Å². The second kappa shape index (κ2) is 19.5. The molecule has 34 heavy (non-hydrogen) atoms. The van der Waals surface area contributed by atoms with E-state index in [1.807, 2.05) is 0 Å². The lowest BCUT2D eigenvalue weighted by Gasteiger charge is -2.20. The number of rotatable bonds is 21. The van der Waals surface area contributed by atoms with Crippen molar-refractivity contribution >= 4 is 11.9 Å². The number of carbonyl (C=O) groups excluding carboxylic acids is 1. The number of hydrogen-bond donors (Lipinski definition) is 1. The molecule has 0 aromatic heterocycles. The molecule has 1 atom stereocenters. The molecule has 1 aromatic carbocycles. The summed E-state index contributed by atoms with van der Waals surface area (Å²) in [4.78, 5) is 24.0. The van der Waals surface area contributed by atoms with Crippen LogP contribution < -0.4 is 0 Å². The van der Waals surface area contributed by atoms with E-state index in [2.05, 4.69) is 20.8 Å². The van der Waals surface area contributed by atoms with Crippen molar-refractivity contribution in [3.8, 4) is 0 Å². The van der Waals surface area contributed by atoms with E-state index in [0.717, 1.165) is 25.7 Å². The van der Waals surface area contributed by atoms with Gasteiger partial charge in [-0.05, 0) is 37.3 Å². The highest BCUT2D eigenvalue weighted by Crippen LogP contribution is 2.20. The molecular weight excluding hydrogens is 424 g/mol. The summed E-state index contributed by atoms with van der Waals surface area (Å²) in [5, 5.41) is 9.34. The van der Waals surface area contributed by atoms with Crippen LogP contribution in [0.5, 0.6) is 0 Å². The zero-order valence-electron chi connectivity index (χ0n) is 22.2. The summed E-state index contributed by atoms with van der Waals surface area (Å²) in [5.41, 5.74) is 0.142. The van der Waals surface area contributed by atoms with Crippen molar-refractivity contribution in [1.29, 1.82) is 0 Å². The van der Waals surface area contributed by atoms with Crippen molar-refractivity contribution in [3.63, 3.8) is 0 Å². The first-order chi connectivity index (χ1) is 16.5. The summed E-state index contributed by atoms with van der Waals surface area (Å²) in [7, 11) is 0. The molecule has 0 spiro atoms. The molecule has 0 saturated carbocycles. The fourth-order valence-electron chi connectivity index (χ4n) is 4.56. The van der Waals surface area contributed by atoms with E-state index < -0.39 is 11.9 Å². The van der Waals surface area contributed by atoms with E-state index >= 15 is 0 Å². The van der Waals surface area contributed by atoms with E-state index in [0.29, 0.717) is 5.92 Å². The van der Waals surface area contributed by atoms with Crippen LogP contribution in [-0.4, -0.2) is 23.1 Å². The summed E-state index contributed by atoms with van der Waals surface area (Å²) >= 11 is 0. The average molecular weight is 475 g/mol. The molecule has 0 heterocycles. The lowest BCUT2D eigenvalue weighted by atomic mass is 9.99. The Bertz CT molecular complexity index is 668. The SMILES string of the molecule is CCCCCCCCCCCCCCCCCC(CC(C)C)OC(=O)c1ccccc1C(=O)O. The first kappa shape index (κ1) is 30.2. The minimum Gasteiger partial charge on any atom is -0.478 e. The minimum absolute atomic E-state index is 0.00257. The molecule has 0 aliphatic carbocycles. The Morgan fingerprint density at radius 3 is 1.62 bits per heavy atom. The van der Waals surface area contributed by atoms with Gasteiger partial charge in [0.25, 0.3) is 0 Å². The molecule has 4 nitrogen and oxygen atoms in total. The first-order valence-electron chi connectivity index (χ1n) is 14.0. The number of ether oxygens (including phenoxy) is 1. The maximum atomic E-state index is 12.6. The Labute approximate surface area is 208 Å². The highest BCUT2D eigenvalue weighted by Gasteiger charge is 2.21. The monoisotopic (exact) mass is 474 g/mol. The zero-order chi connectivity index (χ0) is 25.0. The lowest BCUT2D eigenvalue weighted by molar-refractivity contribution is 0.0220. The standard InChI is InChI=1S/C30H50O4/c1-4-5-6-7-8-9-10-11-12-13-14-15-16-17-18-21-26(24-25(2)3)34-30(33)28-23-20-19-22-27(28)29(31)32/h19-20,22-23,25-26H,4-18,21,24H2,1-3H3,(H,31,32). The van der Waals surface area contributed by atoms with Gasteiger partial charge < -0.3 is 9.84 Å². The van der Waals surface area contributed by atoms with Crippen molar-refractivity contribution in [3.05, 3.63) is 35.4 Å². The van der Waals surface area contributed by atoms with Crippen LogP contribution in [-0.2, 0) is 4.74 Å². The maximum absolute atomic E-state index is 12.6. The van der Waals surface area contributed by atoms with Gasteiger partial charge in [-0.15, -0.1) is 0 Å². The number of carboxylic acid groups (broad SMARTS) is 1. The number of carbonyl (C=O) groups is 2. The molecule has 1 unspecified atom stereocenters. The van der Waals surface area contributed by atoms with Gasteiger partial charge in [-0.25, -0.2) is 9.59 Å². The molecular formula is C30H50O4. The molecule has 1 N–H and O–H groups in total. The second-order valence-electron chi connectivity index (χ2n) is 10.2. The fourth-order valence-corrected chi connectivity index (χ4v) is 4.56. The molecule has 0 fully saturated rings. The number of hydrogen-bond acceptors (Lipinski definition) is 3. The molecule has 1 rings (SSSR count). The Hall–Kier alpha value is -1.84. The van der Waals surface area contributed by atoms with Crippen LogP contribution in [0.15, 0.2) is 24.3 Å². The molecule has 0 bridgehead atoms. The largest absolute Gasteiger partial charge is 0.478 e. The highest BCUT2D eigenvalue weighted by atomic mass is 16.5. The summed E-state index contributed by atoms with van der Waals surface area (Å²) in [5.74, 6) is -1.20. The Morgan fingerprint density at radius 2 is 1.18 bits per heavy atom. The van der Waals surface area contributed by atoms with E-state index in [4.69, 9.17) is 4.74 Å². The number of carboxylic acids is 1. The minimum atomic E-state index is -1.10. The van der Waals surface area contributed by atoms with Crippen LogP contribution >= 0.6 is 0 Å². The van der Waals surface area contributed by atoms with Crippen LogP contribution in [0.3, 0.4) is 0 Å². The predicted octanol–water partition coefficient (Wildman–Crippen LogP) is 9.22. The maximum Gasteiger partial charge on any atom is 0.339 e. The summed E-state index contributed by atoms with van der Waals surface area (Å²) < 4.78 is 5.76. The van der Waals surface area contributed by atoms with Gasteiger partial charge in [0.05, 0.1) is 11.1 Å². The highest BCUT2D eigenvalue weighted by molar-refractivity contribution is 6.02. The van der Waals surface area contributed by atoms with E-state index in [1.54, 1.807) is 12.1 Å². The molecule has 4 heteroatoms. The number of unbranched alkanes of at least 4 members (excludes halogenated alkanes) is 14. The summed E-state index contributed by atoms with van der Waals surface area (Å²) in [6, 6.07) is 6.29. The van der Waals surface area contributed by atoms with Crippen LogP contribution in [0.25, 0.3) is 0 Å². The first-order valence-corrected chi connectivity index (χ1v) is 14.0. The Kier molecular flexibility index (Phi) is 17.3. The van der Waals surface area contributed by atoms with E-state index in [1.165, 1.54) is 95.6 Å². The number of benzene rings is 1. The van der Waals surface area contributed by atoms with Gasteiger partial charge in [-0.3, -0.25) is 0 Å². The number of esters is 1. The van der Waals surface area contributed by atoms with E-state index in [9.17, 15) is 14.7 Å². The van der Waals surface area contributed by atoms with Crippen molar-refractivity contribution in [2.75, 3.05) is 0 Å². The molecule has 0 radical (unpaired) electrons. The topological polar surface area (TPSA) is 63.6 Å². The second-order valence-corrected chi connectivity index (χ2v) is 10.2. The van der Waals surface area contributed by atoms with Gasteiger partial charge in [0.15, 0.2) is 0 Å². The average Bonchev–Trinajstić information content (AvgIpc) is 2.81. The normalized spacial score (nSPS) is 12.1. The van der Waals surface area contributed by atoms with Gasteiger partial charge in [-0.2, -0.15) is 0 Å². The van der Waals surface area contributed by atoms with Gasteiger partial charge in [-0.1, -0.05) is 123 Å². The van der Waals surface area contributed by atoms with Crippen molar-refractivity contribution in [2.24, 2.45) is 5.92 Å². The Morgan fingerprint density at radius 1 is 0.735 bits per heavy atom. The van der Waals surface area contributed by atoms with Crippen molar-refractivity contribution in [1.82, 2.24) is 0 Å². The third-order valence-electron chi connectivity index (χ3n) is 6.52. The fraction of sp³-hybridized carbons (Fsp3) is 0.733. The van der Waals surface area contributed by atoms with Gasteiger partial charge in [0.1, 0.15) is 6.10 Å². The van der Waals surface area contributed by atoms with Crippen LogP contribution in [0.1, 0.15) is 151 Å². The van der Waals surface area contributed by atoms with E-state index in [-0.39, 0.29) is 17.2 Å². The molecule has 0 saturated heterocycles. The third-order valence-corrected chi connectivity index (χ3v) is 6.52.